The number of nitrogens with one attached hydrogen (secondary N) is 1. The molecule has 162 valence electrons. The summed E-state index contributed by atoms with van der Waals surface area (Å²) < 4.78 is 7.14. The molecule has 0 unspecified atom stereocenters. The van der Waals surface area contributed by atoms with E-state index in [1.54, 1.807) is 7.11 Å². The maximum atomic E-state index is 12.2. The van der Waals surface area contributed by atoms with Crippen molar-refractivity contribution in [3.63, 3.8) is 0 Å². The van der Waals surface area contributed by atoms with E-state index in [1.807, 2.05) is 102 Å². The van der Waals surface area contributed by atoms with Crippen LogP contribution in [0.4, 0.5) is 10.5 Å². The average molecular weight is 453 g/mol. The molecule has 0 saturated carbocycles. The zero-order valence-electron chi connectivity index (χ0n) is 17.8. The number of para-hydroxylation sites is 2. The lowest BCUT2D eigenvalue weighted by Gasteiger charge is -2.03. The lowest BCUT2D eigenvalue weighted by Crippen LogP contribution is -2.18. The molecule has 1 aliphatic rings. The van der Waals surface area contributed by atoms with Crippen molar-refractivity contribution < 1.29 is 9.53 Å². The monoisotopic (exact) mass is 452 g/mol. The highest BCUT2D eigenvalue weighted by Crippen LogP contribution is 2.32. The molecule has 4 aromatic rings. The van der Waals surface area contributed by atoms with Gasteiger partial charge in [-0.1, -0.05) is 36.4 Å². The van der Waals surface area contributed by atoms with Crippen molar-refractivity contribution in [2.75, 3.05) is 7.11 Å². The van der Waals surface area contributed by atoms with E-state index in [4.69, 9.17) is 9.84 Å². The number of ether oxygens (including phenoxy) is 1. The Kier molecular flexibility index (Phi) is 5.78. The summed E-state index contributed by atoms with van der Waals surface area (Å²) in [6.07, 6.45) is 3.92. The van der Waals surface area contributed by atoms with Crippen LogP contribution >= 0.6 is 11.8 Å². The lowest BCUT2D eigenvalue weighted by atomic mass is 10.1. The van der Waals surface area contributed by atoms with Gasteiger partial charge in [0.05, 0.1) is 29.1 Å². The molecule has 1 aromatic heterocycles. The van der Waals surface area contributed by atoms with E-state index >= 15 is 0 Å². The molecule has 5 rings (SSSR count). The van der Waals surface area contributed by atoms with Crippen LogP contribution in [0.1, 0.15) is 5.56 Å². The largest absolute Gasteiger partial charge is 0.497 e. The molecule has 7 heteroatoms. The quantitative estimate of drug-likeness (QED) is 0.399. The first-order valence-corrected chi connectivity index (χ1v) is 11.2. The summed E-state index contributed by atoms with van der Waals surface area (Å²) in [4.78, 5) is 17.6. The molecular formula is C26H20N4O2S. The van der Waals surface area contributed by atoms with Crippen LogP contribution in [0.25, 0.3) is 23.0 Å². The van der Waals surface area contributed by atoms with Gasteiger partial charge in [0, 0.05) is 17.3 Å². The van der Waals surface area contributed by atoms with E-state index in [1.165, 1.54) is 0 Å². The standard InChI is InChI=1S/C26H20N4O2S/c1-32-22-14-12-18(13-15-22)24-19(17-30(29-24)21-10-6-3-7-11-21)16-23-25(28-26(31)33-23)27-20-8-4-2-5-9-20/h2-17H,1H3,(H,27,28,31)/b23-16-. The number of rotatable bonds is 5. The molecule has 3 aromatic carbocycles. The Morgan fingerprint density at radius 3 is 2.36 bits per heavy atom. The molecule has 0 bridgehead atoms. The third-order valence-electron chi connectivity index (χ3n) is 5.07. The van der Waals surface area contributed by atoms with Crippen LogP contribution in [-0.2, 0) is 0 Å². The van der Waals surface area contributed by atoms with Gasteiger partial charge in [0.1, 0.15) is 11.6 Å². The number of nitrogens with zero attached hydrogens (tertiary/aromatic N) is 3. The number of hydrogen-bond acceptors (Lipinski definition) is 5. The second-order valence-electron chi connectivity index (χ2n) is 7.26. The average Bonchev–Trinajstić information content (AvgIpc) is 3.43. The summed E-state index contributed by atoms with van der Waals surface area (Å²) in [5.74, 6) is 1.31. The van der Waals surface area contributed by atoms with Crippen molar-refractivity contribution in [1.82, 2.24) is 15.1 Å². The molecule has 6 nitrogen and oxygen atoms in total. The van der Waals surface area contributed by atoms with Gasteiger partial charge in [-0.25, -0.2) is 9.67 Å². The fourth-order valence-electron chi connectivity index (χ4n) is 3.46. The number of carbonyl (C=O) groups excluding carboxylic acids is 1. The second kappa shape index (κ2) is 9.18. The van der Waals surface area contributed by atoms with E-state index < -0.39 is 0 Å². The van der Waals surface area contributed by atoms with E-state index in [2.05, 4.69) is 10.3 Å². The van der Waals surface area contributed by atoms with Gasteiger partial charge in [0.25, 0.3) is 5.24 Å². The number of amides is 1. The highest BCUT2D eigenvalue weighted by molar-refractivity contribution is 8.18. The number of amidine groups is 1. The van der Waals surface area contributed by atoms with Crippen LogP contribution in [0.2, 0.25) is 0 Å². The van der Waals surface area contributed by atoms with Crippen LogP contribution in [0.3, 0.4) is 0 Å². The van der Waals surface area contributed by atoms with Crippen molar-refractivity contribution in [3.05, 3.63) is 102 Å². The van der Waals surface area contributed by atoms with Crippen molar-refractivity contribution in [2.45, 2.75) is 0 Å². The Hall–Kier alpha value is -4.10. The molecular weight excluding hydrogens is 432 g/mol. The third kappa shape index (κ3) is 4.58. The molecule has 1 amide bonds. The molecule has 0 atom stereocenters. The smallest absolute Gasteiger partial charge is 0.289 e. The van der Waals surface area contributed by atoms with Crippen LogP contribution in [0, 0.1) is 0 Å². The molecule has 33 heavy (non-hydrogen) atoms. The van der Waals surface area contributed by atoms with Gasteiger partial charge >= 0.3 is 0 Å². The zero-order chi connectivity index (χ0) is 22.6. The van der Waals surface area contributed by atoms with Gasteiger partial charge < -0.3 is 10.1 Å². The zero-order valence-corrected chi connectivity index (χ0v) is 18.6. The van der Waals surface area contributed by atoms with Crippen LogP contribution in [0.15, 0.2) is 101 Å². The summed E-state index contributed by atoms with van der Waals surface area (Å²) in [7, 11) is 1.64. The number of hydrogen-bond donors (Lipinski definition) is 1. The molecule has 2 heterocycles. The minimum Gasteiger partial charge on any atom is -0.497 e. The first kappa shape index (κ1) is 20.8. The Morgan fingerprint density at radius 1 is 0.970 bits per heavy atom. The summed E-state index contributed by atoms with van der Waals surface area (Å²) in [5, 5.41) is 7.55. The Balaban J connectivity index is 1.61. The van der Waals surface area contributed by atoms with Crippen molar-refractivity contribution in [3.8, 4) is 22.7 Å². The first-order chi connectivity index (χ1) is 16.2. The SMILES string of the molecule is COc1ccc(-c2nn(-c3ccccc3)cc2/C=C2\SC(=O)NC2=Nc2ccccc2)cc1. The fraction of sp³-hybridized carbons (Fsp3) is 0.0385. The molecule has 1 fully saturated rings. The van der Waals surface area contributed by atoms with Crippen LogP contribution in [-0.4, -0.2) is 28.0 Å². The van der Waals surface area contributed by atoms with Crippen molar-refractivity contribution in [2.24, 2.45) is 4.99 Å². The number of carbonyl (C=O) groups is 1. The summed E-state index contributed by atoms with van der Waals surface area (Å²) >= 11 is 1.13. The summed E-state index contributed by atoms with van der Waals surface area (Å²) in [6.45, 7) is 0. The van der Waals surface area contributed by atoms with Crippen LogP contribution < -0.4 is 10.1 Å². The van der Waals surface area contributed by atoms with Crippen LogP contribution in [0.5, 0.6) is 5.75 Å². The number of benzene rings is 3. The van der Waals surface area contributed by atoms with Gasteiger partial charge in [0.2, 0.25) is 0 Å². The Bertz CT molecular complexity index is 1340. The second-order valence-corrected chi connectivity index (χ2v) is 8.28. The van der Waals surface area contributed by atoms with Gasteiger partial charge in [-0.2, -0.15) is 5.10 Å². The number of thioether (sulfide) groups is 1. The van der Waals surface area contributed by atoms with Gasteiger partial charge in [-0.05, 0) is 66.4 Å². The number of aliphatic imine (C=N–C) groups is 1. The predicted molar refractivity (Wildman–Crippen MR) is 133 cm³/mol. The minimum absolute atomic E-state index is 0.155. The maximum absolute atomic E-state index is 12.2. The number of aromatic nitrogens is 2. The molecule has 0 radical (unpaired) electrons. The summed E-state index contributed by atoms with van der Waals surface area (Å²) in [6, 6.07) is 27.2. The molecule has 1 saturated heterocycles. The summed E-state index contributed by atoms with van der Waals surface area (Å²) in [5.41, 5.74) is 4.35. The van der Waals surface area contributed by atoms with Crippen molar-refractivity contribution in [1.29, 1.82) is 0 Å². The molecule has 1 N–H and O–H groups in total. The molecule has 0 spiro atoms. The molecule has 0 aliphatic carbocycles. The maximum Gasteiger partial charge on any atom is 0.289 e. The number of methoxy groups -OCH3 is 1. The first-order valence-electron chi connectivity index (χ1n) is 10.3. The van der Waals surface area contributed by atoms with E-state index in [0.717, 1.165) is 50.6 Å². The Morgan fingerprint density at radius 2 is 1.67 bits per heavy atom. The predicted octanol–water partition coefficient (Wildman–Crippen LogP) is 6.08. The normalized spacial score (nSPS) is 15.7. The van der Waals surface area contributed by atoms with Gasteiger partial charge in [-0.3, -0.25) is 4.79 Å². The fourth-order valence-corrected chi connectivity index (χ4v) is 4.19. The highest BCUT2D eigenvalue weighted by atomic mass is 32.2. The van der Waals surface area contributed by atoms with E-state index in [9.17, 15) is 4.79 Å². The van der Waals surface area contributed by atoms with E-state index in [0.29, 0.717) is 5.84 Å². The Labute approximate surface area is 195 Å². The van der Waals surface area contributed by atoms with Gasteiger partial charge in [-0.15, -0.1) is 0 Å². The van der Waals surface area contributed by atoms with E-state index in [-0.39, 0.29) is 5.24 Å². The minimum atomic E-state index is -0.155. The van der Waals surface area contributed by atoms with Gasteiger partial charge in [0.15, 0.2) is 0 Å². The lowest BCUT2D eigenvalue weighted by molar-refractivity contribution is 0.265. The topological polar surface area (TPSA) is 68.5 Å². The highest BCUT2D eigenvalue weighted by Gasteiger charge is 2.24. The molecule has 1 aliphatic heterocycles. The third-order valence-corrected chi connectivity index (χ3v) is 5.89. The van der Waals surface area contributed by atoms with Crippen molar-refractivity contribution >= 4 is 34.6 Å².